The molecule has 1 saturated carbocycles. The standard InChI is InChI=1S/C26H33F3N2O9/c27-26(28,29)22-13-8-14-23(17-22)37-16-6-5-10-21-12-7-11-20(21)9-3-1-2-4-15-25(32)40-24(18-38-30(33)34)19-39-31(35)36/h1,3,5,8,10,13-14,17,20-21,24H,2,4,6-7,9,11-12,15-16,18-19H2/b3-1-,10-5+. The lowest BCUT2D eigenvalue weighted by atomic mass is 9.92. The number of ether oxygens (including phenoxy) is 2. The van der Waals surface area contributed by atoms with Gasteiger partial charge in [-0.05, 0) is 68.6 Å². The zero-order valence-electron chi connectivity index (χ0n) is 21.8. The van der Waals surface area contributed by atoms with Crippen LogP contribution in [-0.4, -0.2) is 42.1 Å². The van der Waals surface area contributed by atoms with Crippen LogP contribution in [0.4, 0.5) is 13.2 Å². The van der Waals surface area contributed by atoms with Gasteiger partial charge in [-0.15, -0.1) is 20.2 Å². The second kappa shape index (κ2) is 17.0. The highest BCUT2D eigenvalue weighted by atomic mass is 19.4. The van der Waals surface area contributed by atoms with E-state index in [0.29, 0.717) is 31.1 Å². The zero-order chi connectivity index (χ0) is 29.4. The van der Waals surface area contributed by atoms with Gasteiger partial charge in [0, 0.05) is 6.42 Å². The van der Waals surface area contributed by atoms with E-state index in [2.05, 4.69) is 21.8 Å². The van der Waals surface area contributed by atoms with E-state index in [1.54, 1.807) is 0 Å². The molecule has 0 bridgehead atoms. The minimum atomic E-state index is -4.41. The van der Waals surface area contributed by atoms with Gasteiger partial charge in [0.25, 0.3) is 10.2 Å². The molecule has 14 heteroatoms. The minimum absolute atomic E-state index is 0.0229. The monoisotopic (exact) mass is 574 g/mol. The van der Waals surface area contributed by atoms with Gasteiger partial charge in [0.05, 0.1) is 12.2 Å². The average Bonchev–Trinajstić information content (AvgIpc) is 3.34. The summed E-state index contributed by atoms with van der Waals surface area (Å²) in [6.07, 6.45) is 8.34. The molecule has 222 valence electrons. The van der Waals surface area contributed by atoms with Crippen LogP contribution in [0.1, 0.15) is 56.9 Å². The van der Waals surface area contributed by atoms with Crippen molar-refractivity contribution in [2.45, 2.75) is 63.6 Å². The number of alkyl halides is 3. The van der Waals surface area contributed by atoms with Gasteiger partial charge in [0.2, 0.25) is 0 Å². The first kappa shape index (κ1) is 32.4. The molecule has 0 amide bonds. The minimum Gasteiger partial charge on any atom is -0.493 e. The Hall–Kier alpha value is -3.84. The molecule has 0 N–H and O–H groups in total. The molecule has 2 unspecified atom stereocenters. The highest BCUT2D eigenvalue weighted by Gasteiger charge is 2.30. The Morgan fingerprint density at radius 1 is 1.05 bits per heavy atom. The lowest BCUT2D eigenvalue weighted by Gasteiger charge is -2.15. The molecule has 0 aromatic heterocycles. The van der Waals surface area contributed by atoms with Gasteiger partial charge in [-0.25, -0.2) is 0 Å². The predicted molar refractivity (Wildman–Crippen MR) is 135 cm³/mol. The molecular weight excluding hydrogens is 541 g/mol. The third kappa shape index (κ3) is 13.3. The maximum Gasteiger partial charge on any atom is 0.416 e. The number of carbonyl (C=O) groups is 1. The van der Waals surface area contributed by atoms with E-state index in [0.717, 1.165) is 37.8 Å². The van der Waals surface area contributed by atoms with E-state index >= 15 is 0 Å². The van der Waals surface area contributed by atoms with Crippen molar-refractivity contribution in [3.05, 3.63) is 74.4 Å². The van der Waals surface area contributed by atoms with Crippen molar-refractivity contribution in [2.75, 3.05) is 19.8 Å². The van der Waals surface area contributed by atoms with E-state index in [9.17, 15) is 38.2 Å². The normalized spacial score (nSPS) is 17.4. The third-order valence-electron chi connectivity index (χ3n) is 6.20. The topological polar surface area (TPSA) is 140 Å². The smallest absolute Gasteiger partial charge is 0.416 e. The predicted octanol–water partition coefficient (Wildman–Crippen LogP) is 5.89. The maximum atomic E-state index is 12.8. The number of allylic oxidation sites excluding steroid dienone is 3. The van der Waals surface area contributed by atoms with Crippen LogP contribution in [0.5, 0.6) is 5.75 Å². The van der Waals surface area contributed by atoms with Crippen LogP contribution in [0.25, 0.3) is 0 Å². The molecule has 1 fully saturated rings. The van der Waals surface area contributed by atoms with Crippen LogP contribution in [0.15, 0.2) is 48.6 Å². The number of hydrogen-bond acceptors (Lipinski definition) is 9. The summed E-state index contributed by atoms with van der Waals surface area (Å²) in [6.45, 7) is -1.07. The molecule has 1 aliphatic rings. The van der Waals surface area contributed by atoms with E-state index < -0.39 is 47.2 Å². The van der Waals surface area contributed by atoms with Crippen molar-refractivity contribution in [2.24, 2.45) is 11.8 Å². The second-order valence-electron chi connectivity index (χ2n) is 9.20. The van der Waals surface area contributed by atoms with Crippen LogP contribution in [-0.2, 0) is 25.4 Å². The number of halogens is 3. The summed E-state index contributed by atoms with van der Waals surface area (Å²) < 4.78 is 48.8. The summed E-state index contributed by atoms with van der Waals surface area (Å²) >= 11 is 0. The molecule has 11 nitrogen and oxygen atoms in total. The number of nitrogens with zero attached hydrogens (tertiary/aromatic N) is 2. The molecule has 0 aliphatic heterocycles. The number of rotatable bonds is 18. The lowest BCUT2D eigenvalue weighted by Crippen LogP contribution is -2.30. The first-order valence-corrected chi connectivity index (χ1v) is 12.9. The summed E-state index contributed by atoms with van der Waals surface area (Å²) in [5.41, 5.74) is -0.739. The Balaban J connectivity index is 1.64. The molecule has 0 saturated heterocycles. The quantitative estimate of drug-likeness (QED) is 0.0690. The molecule has 0 heterocycles. The lowest BCUT2D eigenvalue weighted by molar-refractivity contribution is -0.768. The van der Waals surface area contributed by atoms with Crippen molar-refractivity contribution in [3.8, 4) is 5.75 Å². The Bertz CT molecular complexity index is 999. The summed E-state index contributed by atoms with van der Waals surface area (Å²) in [5.74, 6) is 0.405. The van der Waals surface area contributed by atoms with E-state index in [1.165, 1.54) is 12.1 Å². The molecule has 1 aromatic rings. The van der Waals surface area contributed by atoms with Gasteiger partial charge in [-0.1, -0.05) is 36.8 Å². The molecule has 1 aromatic carbocycles. The highest BCUT2D eigenvalue weighted by molar-refractivity contribution is 5.69. The van der Waals surface area contributed by atoms with E-state index in [4.69, 9.17) is 9.47 Å². The highest BCUT2D eigenvalue weighted by Crippen LogP contribution is 2.35. The Morgan fingerprint density at radius 3 is 2.45 bits per heavy atom. The van der Waals surface area contributed by atoms with E-state index in [-0.39, 0.29) is 18.8 Å². The molecular formula is C26H33F3N2O9. The summed E-state index contributed by atoms with van der Waals surface area (Å²) in [7, 11) is 0. The fraction of sp³-hybridized carbons (Fsp3) is 0.577. The van der Waals surface area contributed by atoms with Crippen molar-refractivity contribution >= 4 is 5.97 Å². The number of unbranched alkanes of at least 4 members (excludes halogenated alkanes) is 1. The molecule has 2 atom stereocenters. The van der Waals surface area contributed by atoms with Gasteiger partial charge >= 0.3 is 12.1 Å². The van der Waals surface area contributed by atoms with E-state index in [1.807, 2.05) is 12.2 Å². The Labute approximate surface area is 229 Å². The fourth-order valence-corrected chi connectivity index (χ4v) is 4.29. The number of carbonyl (C=O) groups excluding carboxylic acids is 1. The first-order chi connectivity index (χ1) is 19.0. The summed E-state index contributed by atoms with van der Waals surface area (Å²) in [6, 6.07) is 4.82. The van der Waals surface area contributed by atoms with Gasteiger partial charge in [-0.3, -0.25) is 4.79 Å². The van der Waals surface area contributed by atoms with Crippen molar-refractivity contribution in [3.63, 3.8) is 0 Å². The van der Waals surface area contributed by atoms with Gasteiger partial charge in [0.1, 0.15) is 25.1 Å². The van der Waals surface area contributed by atoms with Crippen LogP contribution >= 0.6 is 0 Å². The van der Waals surface area contributed by atoms with Crippen LogP contribution in [0, 0.1) is 32.1 Å². The first-order valence-electron chi connectivity index (χ1n) is 12.9. The molecule has 0 spiro atoms. The Morgan fingerprint density at radius 2 is 1.77 bits per heavy atom. The van der Waals surface area contributed by atoms with Crippen LogP contribution in [0.3, 0.4) is 0 Å². The van der Waals surface area contributed by atoms with Crippen molar-refractivity contribution < 1.29 is 47.3 Å². The maximum absolute atomic E-state index is 12.8. The third-order valence-corrected chi connectivity index (χ3v) is 6.20. The number of esters is 1. The zero-order valence-corrected chi connectivity index (χ0v) is 21.8. The van der Waals surface area contributed by atoms with Gasteiger partial charge in [0.15, 0.2) is 0 Å². The number of hydrogen-bond donors (Lipinski definition) is 0. The Kier molecular flexibility index (Phi) is 13.7. The molecule has 1 aliphatic carbocycles. The van der Waals surface area contributed by atoms with Gasteiger partial charge < -0.3 is 19.1 Å². The molecule has 2 rings (SSSR count). The second-order valence-corrected chi connectivity index (χ2v) is 9.20. The number of benzene rings is 1. The van der Waals surface area contributed by atoms with Crippen molar-refractivity contribution in [1.82, 2.24) is 0 Å². The fourth-order valence-electron chi connectivity index (χ4n) is 4.29. The van der Waals surface area contributed by atoms with Crippen molar-refractivity contribution in [1.29, 1.82) is 0 Å². The van der Waals surface area contributed by atoms with Crippen LogP contribution < -0.4 is 4.74 Å². The average molecular weight is 575 g/mol. The SMILES string of the molecule is O=C(CCC/C=C\CC1CCCC1/C=C/CCOc1cccc(C(F)(F)F)c1)OC(CO[N+](=O)[O-])CO[N+](=O)[O-]. The molecule has 40 heavy (non-hydrogen) atoms. The summed E-state index contributed by atoms with van der Waals surface area (Å²) in [4.78, 5) is 40.8. The molecule has 0 radical (unpaired) electrons. The largest absolute Gasteiger partial charge is 0.493 e. The summed E-state index contributed by atoms with van der Waals surface area (Å²) in [5, 5.41) is 18.4. The van der Waals surface area contributed by atoms with Crippen LogP contribution in [0.2, 0.25) is 0 Å². The van der Waals surface area contributed by atoms with Gasteiger partial charge in [-0.2, -0.15) is 13.2 Å².